The molecule has 1 aromatic carbocycles. The molecular weight excluding hydrogens is 258 g/mol. The highest BCUT2D eigenvalue weighted by Gasteiger charge is 2.21. The highest BCUT2D eigenvalue weighted by Crippen LogP contribution is 2.21. The summed E-state index contributed by atoms with van der Waals surface area (Å²) >= 11 is 0. The lowest BCUT2D eigenvalue weighted by Gasteiger charge is -2.20. The molecule has 0 saturated carbocycles. The van der Waals surface area contributed by atoms with Crippen molar-refractivity contribution >= 4 is 0 Å². The van der Waals surface area contributed by atoms with E-state index in [1.165, 1.54) is 0 Å². The van der Waals surface area contributed by atoms with Gasteiger partial charge in [-0.2, -0.15) is 4.98 Å². The van der Waals surface area contributed by atoms with Crippen molar-refractivity contribution in [3.63, 3.8) is 0 Å². The summed E-state index contributed by atoms with van der Waals surface area (Å²) in [6, 6.07) is 7.80. The van der Waals surface area contributed by atoms with E-state index in [9.17, 15) is 0 Å². The first kappa shape index (κ1) is 13.1. The van der Waals surface area contributed by atoms with Gasteiger partial charge in [0.15, 0.2) is 0 Å². The van der Waals surface area contributed by atoms with Crippen molar-refractivity contribution in [2.75, 3.05) is 26.8 Å². The van der Waals surface area contributed by atoms with Crippen LogP contribution in [0.4, 0.5) is 0 Å². The average Bonchev–Trinajstić information content (AvgIpc) is 2.97. The topological polar surface area (TPSA) is 69.4 Å². The molecule has 106 valence electrons. The van der Waals surface area contributed by atoms with Crippen molar-refractivity contribution in [2.45, 2.75) is 12.5 Å². The third-order valence-corrected chi connectivity index (χ3v) is 3.23. The van der Waals surface area contributed by atoms with E-state index in [2.05, 4.69) is 15.5 Å². The molecule has 0 bridgehead atoms. The van der Waals surface area contributed by atoms with Gasteiger partial charge in [-0.15, -0.1) is 0 Å². The molecule has 0 amide bonds. The van der Waals surface area contributed by atoms with E-state index in [1.807, 2.05) is 24.3 Å². The molecule has 1 aliphatic heterocycles. The van der Waals surface area contributed by atoms with Crippen molar-refractivity contribution in [3.05, 3.63) is 41.5 Å². The predicted octanol–water partition coefficient (Wildman–Crippen LogP) is 1.33. The third kappa shape index (κ3) is 2.81. The molecule has 0 spiro atoms. The fraction of sp³-hybridized carbons (Fsp3) is 0.429. The van der Waals surface area contributed by atoms with Crippen molar-refractivity contribution < 1.29 is 14.0 Å². The van der Waals surface area contributed by atoms with Crippen molar-refractivity contribution in [3.8, 4) is 5.75 Å². The lowest BCUT2D eigenvalue weighted by Crippen LogP contribution is -2.33. The van der Waals surface area contributed by atoms with E-state index in [1.54, 1.807) is 7.11 Å². The van der Waals surface area contributed by atoms with Gasteiger partial charge < -0.3 is 19.3 Å². The Balaban J connectivity index is 1.73. The lowest BCUT2D eigenvalue weighted by molar-refractivity contribution is 0.0208. The van der Waals surface area contributed by atoms with Crippen LogP contribution in [-0.4, -0.2) is 36.9 Å². The summed E-state index contributed by atoms with van der Waals surface area (Å²) < 4.78 is 16.2. The normalized spacial score (nSPS) is 18.9. The highest BCUT2D eigenvalue weighted by atomic mass is 16.5. The van der Waals surface area contributed by atoms with E-state index in [4.69, 9.17) is 14.0 Å². The number of nitrogens with one attached hydrogen (secondary N) is 1. The minimum absolute atomic E-state index is 0.126. The van der Waals surface area contributed by atoms with Crippen LogP contribution < -0.4 is 10.1 Å². The van der Waals surface area contributed by atoms with Crippen LogP contribution in [0.15, 0.2) is 28.8 Å². The fourth-order valence-electron chi connectivity index (χ4n) is 2.21. The van der Waals surface area contributed by atoms with Crippen molar-refractivity contribution in [1.82, 2.24) is 15.5 Å². The maximum atomic E-state index is 5.60. The second-order valence-electron chi connectivity index (χ2n) is 4.60. The van der Waals surface area contributed by atoms with E-state index >= 15 is 0 Å². The van der Waals surface area contributed by atoms with Gasteiger partial charge in [0.1, 0.15) is 11.9 Å². The van der Waals surface area contributed by atoms with E-state index in [0.717, 1.165) is 17.9 Å². The molecule has 6 nitrogen and oxygen atoms in total. The first-order valence-electron chi connectivity index (χ1n) is 6.63. The van der Waals surface area contributed by atoms with Crippen LogP contribution >= 0.6 is 0 Å². The summed E-state index contributed by atoms with van der Waals surface area (Å²) in [7, 11) is 1.65. The summed E-state index contributed by atoms with van der Waals surface area (Å²) in [5.41, 5.74) is 1.02. The maximum absolute atomic E-state index is 5.60. The Morgan fingerprint density at radius 3 is 3.10 bits per heavy atom. The van der Waals surface area contributed by atoms with Crippen LogP contribution in [0.25, 0.3) is 0 Å². The Morgan fingerprint density at radius 2 is 2.30 bits per heavy atom. The molecule has 3 rings (SSSR count). The number of benzene rings is 1. The van der Waals surface area contributed by atoms with Gasteiger partial charge in [-0.3, -0.25) is 0 Å². The Kier molecular flexibility index (Phi) is 3.94. The number of aromatic nitrogens is 2. The SMILES string of the molecule is COc1ccccc1Cc1nc(C2CNCCO2)no1. The number of hydrogen-bond donors (Lipinski definition) is 1. The van der Waals surface area contributed by atoms with Crippen LogP contribution in [0, 0.1) is 0 Å². The molecule has 1 fully saturated rings. The van der Waals surface area contributed by atoms with Gasteiger partial charge in [0, 0.05) is 18.7 Å². The zero-order chi connectivity index (χ0) is 13.8. The van der Waals surface area contributed by atoms with Gasteiger partial charge in [0.25, 0.3) is 0 Å². The molecule has 1 saturated heterocycles. The largest absolute Gasteiger partial charge is 0.496 e. The number of ether oxygens (including phenoxy) is 2. The highest BCUT2D eigenvalue weighted by molar-refractivity contribution is 5.34. The van der Waals surface area contributed by atoms with Gasteiger partial charge in [0.2, 0.25) is 11.7 Å². The summed E-state index contributed by atoms with van der Waals surface area (Å²) in [4.78, 5) is 4.41. The van der Waals surface area contributed by atoms with Crippen LogP contribution in [0.5, 0.6) is 5.75 Å². The van der Waals surface area contributed by atoms with E-state index < -0.39 is 0 Å². The lowest BCUT2D eigenvalue weighted by atomic mass is 10.1. The predicted molar refractivity (Wildman–Crippen MR) is 71.7 cm³/mol. The Labute approximate surface area is 117 Å². The minimum atomic E-state index is -0.126. The molecule has 1 atom stereocenters. The number of hydrogen-bond acceptors (Lipinski definition) is 6. The minimum Gasteiger partial charge on any atom is -0.496 e. The van der Waals surface area contributed by atoms with Gasteiger partial charge in [-0.25, -0.2) is 0 Å². The maximum Gasteiger partial charge on any atom is 0.231 e. The molecule has 1 aromatic heterocycles. The molecular formula is C14H17N3O3. The van der Waals surface area contributed by atoms with Gasteiger partial charge >= 0.3 is 0 Å². The quantitative estimate of drug-likeness (QED) is 0.907. The number of morpholine rings is 1. The van der Waals surface area contributed by atoms with E-state index in [0.29, 0.717) is 31.3 Å². The third-order valence-electron chi connectivity index (χ3n) is 3.23. The molecule has 6 heteroatoms. The Bertz CT molecular complexity index is 564. The first-order chi connectivity index (χ1) is 9.86. The molecule has 1 N–H and O–H groups in total. The average molecular weight is 275 g/mol. The molecule has 20 heavy (non-hydrogen) atoms. The monoisotopic (exact) mass is 275 g/mol. The summed E-state index contributed by atoms with van der Waals surface area (Å²) in [5, 5.41) is 7.24. The zero-order valence-electron chi connectivity index (χ0n) is 11.3. The Morgan fingerprint density at radius 1 is 1.40 bits per heavy atom. The number of nitrogens with zero attached hydrogens (tertiary/aromatic N) is 2. The van der Waals surface area contributed by atoms with Gasteiger partial charge in [0.05, 0.1) is 20.1 Å². The number of rotatable bonds is 4. The van der Waals surface area contributed by atoms with Crippen molar-refractivity contribution in [2.24, 2.45) is 0 Å². The van der Waals surface area contributed by atoms with Crippen LogP contribution in [0.1, 0.15) is 23.4 Å². The van der Waals surface area contributed by atoms with E-state index in [-0.39, 0.29) is 6.10 Å². The molecule has 2 heterocycles. The molecule has 1 unspecified atom stereocenters. The summed E-state index contributed by atoms with van der Waals surface area (Å²) in [6.45, 7) is 2.25. The number of para-hydroxylation sites is 1. The number of methoxy groups -OCH3 is 1. The van der Waals surface area contributed by atoms with Crippen LogP contribution in [0.2, 0.25) is 0 Å². The smallest absolute Gasteiger partial charge is 0.231 e. The van der Waals surface area contributed by atoms with Crippen molar-refractivity contribution in [1.29, 1.82) is 0 Å². The summed E-state index contributed by atoms with van der Waals surface area (Å²) in [5.74, 6) is 1.99. The summed E-state index contributed by atoms with van der Waals surface area (Å²) in [6.07, 6.45) is 0.427. The van der Waals surface area contributed by atoms with Gasteiger partial charge in [-0.1, -0.05) is 23.4 Å². The standard InChI is InChI=1S/C14H17N3O3/c1-18-11-5-3-2-4-10(11)8-13-16-14(17-20-13)12-9-15-6-7-19-12/h2-5,12,15H,6-9H2,1H3. The molecule has 0 aliphatic carbocycles. The van der Waals surface area contributed by atoms with Crippen LogP contribution in [-0.2, 0) is 11.2 Å². The molecule has 2 aromatic rings. The molecule has 1 aliphatic rings. The zero-order valence-corrected chi connectivity index (χ0v) is 11.3. The fourth-order valence-corrected chi connectivity index (χ4v) is 2.21. The van der Waals surface area contributed by atoms with Crippen LogP contribution in [0.3, 0.4) is 0 Å². The second kappa shape index (κ2) is 6.02. The Hall–Kier alpha value is -1.92. The second-order valence-corrected chi connectivity index (χ2v) is 4.60. The first-order valence-corrected chi connectivity index (χ1v) is 6.63. The molecule has 0 radical (unpaired) electrons. The van der Waals surface area contributed by atoms with Gasteiger partial charge in [-0.05, 0) is 6.07 Å².